The molecule has 0 unspecified atom stereocenters. The molecule has 1 heterocycles. The lowest BCUT2D eigenvalue weighted by Gasteiger charge is -2.12. The molecule has 0 saturated carbocycles. The molecule has 2 amide bonds. The van der Waals surface area contributed by atoms with Crippen LogP contribution in [0.25, 0.3) is 11.0 Å². The van der Waals surface area contributed by atoms with Crippen molar-refractivity contribution in [2.24, 2.45) is 0 Å². The lowest BCUT2D eigenvalue weighted by atomic mass is 10.2. The molecule has 6 nitrogen and oxygen atoms in total. The number of benzene rings is 2. The van der Waals surface area contributed by atoms with Crippen LogP contribution in [-0.2, 0) is 22.7 Å². The lowest BCUT2D eigenvalue weighted by molar-refractivity contribution is -0.121. The van der Waals surface area contributed by atoms with E-state index in [1.54, 1.807) is 6.92 Å². The number of carbonyl (C=O) groups excluding carboxylic acids is 2. The third-order valence-electron chi connectivity index (χ3n) is 4.22. The first-order chi connectivity index (χ1) is 12.6. The van der Waals surface area contributed by atoms with Crippen LogP contribution in [0.5, 0.6) is 0 Å². The molecule has 1 aromatic heterocycles. The van der Waals surface area contributed by atoms with Crippen molar-refractivity contribution in [2.45, 2.75) is 33.4 Å². The highest BCUT2D eigenvalue weighted by molar-refractivity contribution is 5.92. The van der Waals surface area contributed by atoms with Gasteiger partial charge in [0, 0.05) is 12.1 Å². The fourth-order valence-corrected chi connectivity index (χ4v) is 2.79. The molecule has 0 saturated heterocycles. The number of rotatable bonds is 6. The molecule has 26 heavy (non-hydrogen) atoms. The molecule has 2 aromatic carbocycles. The third-order valence-corrected chi connectivity index (χ3v) is 4.22. The van der Waals surface area contributed by atoms with Gasteiger partial charge in [-0.3, -0.25) is 9.59 Å². The lowest BCUT2D eigenvalue weighted by Crippen LogP contribution is -2.26. The van der Waals surface area contributed by atoms with Gasteiger partial charge in [-0.1, -0.05) is 37.3 Å². The van der Waals surface area contributed by atoms with Crippen LogP contribution in [0.3, 0.4) is 0 Å². The van der Waals surface area contributed by atoms with Crippen LogP contribution >= 0.6 is 0 Å². The van der Waals surface area contributed by atoms with Gasteiger partial charge >= 0.3 is 0 Å². The summed E-state index contributed by atoms with van der Waals surface area (Å²) in [4.78, 5) is 28.7. The number of imidazole rings is 1. The molecule has 0 atom stereocenters. The summed E-state index contributed by atoms with van der Waals surface area (Å²) in [5.41, 5.74) is 3.47. The minimum Gasteiger partial charge on any atom is -0.349 e. The van der Waals surface area contributed by atoms with Crippen LogP contribution in [0.1, 0.15) is 24.7 Å². The molecule has 0 aliphatic heterocycles. The summed E-state index contributed by atoms with van der Waals surface area (Å²) in [6.07, 6.45) is 0.411. The second-order valence-electron chi connectivity index (χ2n) is 6.10. The minimum atomic E-state index is -0.134. The number of aryl methyl sites for hydroxylation is 1. The zero-order chi connectivity index (χ0) is 18.5. The van der Waals surface area contributed by atoms with Gasteiger partial charge in [-0.2, -0.15) is 0 Å². The fraction of sp³-hybridized carbons (Fsp3) is 0.250. The summed E-state index contributed by atoms with van der Waals surface area (Å²) < 4.78 is 1.85. The van der Waals surface area contributed by atoms with Crippen LogP contribution in [0.15, 0.2) is 48.5 Å². The maximum atomic E-state index is 12.6. The van der Waals surface area contributed by atoms with Crippen LogP contribution in [-0.4, -0.2) is 21.4 Å². The number of aromatic nitrogens is 2. The zero-order valence-electron chi connectivity index (χ0n) is 15.0. The summed E-state index contributed by atoms with van der Waals surface area (Å²) in [5, 5.41) is 5.77. The molecular weight excluding hydrogens is 328 g/mol. The number of anilines is 1. The van der Waals surface area contributed by atoms with E-state index in [0.29, 0.717) is 18.8 Å². The average Bonchev–Trinajstić information content (AvgIpc) is 2.99. The summed E-state index contributed by atoms with van der Waals surface area (Å²) in [5.74, 6) is 0.478. The Labute approximate surface area is 152 Å². The van der Waals surface area contributed by atoms with Crippen molar-refractivity contribution < 1.29 is 9.59 Å². The number of para-hydroxylation sites is 3. The van der Waals surface area contributed by atoms with Gasteiger partial charge in [0.2, 0.25) is 11.8 Å². The van der Waals surface area contributed by atoms with Gasteiger partial charge < -0.3 is 15.2 Å². The van der Waals surface area contributed by atoms with E-state index >= 15 is 0 Å². The van der Waals surface area contributed by atoms with Crippen LogP contribution in [0, 0.1) is 6.92 Å². The Morgan fingerprint density at radius 1 is 1.04 bits per heavy atom. The normalized spacial score (nSPS) is 10.7. The molecule has 0 fully saturated rings. The largest absolute Gasteiger partial charge is 0.349 e. The number of fused-ring (bicyclic) bond motifs is 1. The Morgan fingerprint density at radius 3 is 2.54 bits per heavy atom. The van der Waals surface area contributed by atoms with E-state index in [0.717, 1.165) is 22.3 Å². The van der Waals surface area contributed by atoms with Crippen molar-refractivity contribution in [1.29, 1.82) is 0 Å². The van der Waals surface area contributed by atoms with Gasteiger partial charge in [-0.25, -0.2) is 4.98 Å². The van der Waals surface area contributed by atoms with Crippen molar-refractivity contribution in [1.82, 2.24) is 14.9 Å². The van der Waals surface area contributed by atoms with E-state index in [1.807, 2.05) is 60.0 Å². The Balaban J connectivity index is 1.84. The number of nitrogens with one attached hydrogen (secondary N) is 2. The Morgan fingerprint density at radius 2 is 1.77 bits per heavy atom. The van der Waals surface area contributed by atoms with Gasteiger partial charge in [0.15, 0.2) is 0 Å². The molecule has 0 aliphatic rings. The van der Waals surface area contributed by atoms with Gasteiger partial charge in [-0.15, -0.1) is 0 Å². The van der Waals surface area contributed by atoms with Crippen molar-refractivity contribution in [3.63, 3.8) is 0 Å². The SMILES string of the molecule is CCC(=O)NCc1nc2ccccc2n1CC(=O)Nc1ccccc1C. The standard InChI is InChI=1S/C20H22N4O2/c1-3-19(25)21-12-18-22-16-10-6-7-11-17(16)24(18)13-20(26)23-15-9-5-4-8-14(15)2/h4-11H,3,12-13H2,1-2H3,(H,21,25)(H,23,26). The minimum absolute atomic E-state index is 0.0482. The second-order valence-corrected chi connectivity index (χ2v) is 6.10. The number of nitrogens with zero attached hydrogens (tertiary/aromatic N) is 2. The maximum Gasteiger partial charge on any atom is 0.244 e. The molecule has 0 aliphatic carbocycles. The van der Waals surface area contributed by atoms with Crippen molar-refractivity contribution in [3.05, 3.63) is 59.9 Å². The first-order valence-electron chi connectivity index (χ1n) is 8.64. The predicted octanol–water partition coefficient (Wildman–Crippen LogP) is 3.01. The smallest absolute Gasteiger partial charge is 0.244 e. The first kappa shape index (κ1) is 17.7. The molecular formula is C20H22N4O2. The monoisotopic (exact) mass is 350 g/mol. The maximum absolute atomic E-state index is 12.6. The summed E-state index contributed by atoms with van der Waals surface area (Å²) in [6, 6.07) is 15.3. The summed E-state index contributed by atoms with van der Waals surface area (Å²) in [7, 11) is 0. The average molecular weight is 350 g/mol. The summed E-state index contributed by atoms with van der Waals surface area (Å²) in [6.45, 7) is 4.17. The third kappa shape index (κ3) is 3.91. The van der Waals surface area contributed by atoms with Gasteiger partial charge in [0.05, 0.1) is 17.6 Å². The Bertz CT molecular complexity index is 946. The van der Waals surface area contributed by atoms with Crippen molar-refractivity contribution in [2.75, 3.05) is 5.32 Å². The molecule has 6 heteroatoms. The Kier molecular flexibility index (Phi) is 5.31. The second kappa shape index (κ2) is 7.82. The number of hydrogen-bond donors (Lipinski definition) is 2. The molecule has 3 rings (SSSR count). The highest BCUT2D eigenvalue weighted by atomic mass is 16.2. The molecule has 0 bridgehead atoms. The molecule has 134 valence electrons. The first-order valence-corrected chi connectivity index (χ1v) is 8.64. The van der Waals surface area contributed by atoms with E-state index < -0.39 is 0 Å². The van der Waals surface area contributed by atoms with E-state index in [2.05, 4.69) is 15.6 Å². The van der Waals surface area contributed by atoms with E-state index in [-0.39, 0.29) is 18.4 Å². The molecule has 0 spiro atoms. The van der Waals surface area contributed by atoms with Crippen LogP contribution < -0.4 is 10.6 Å². The molecule has 2 N–H and O–H groups in total. The fourth-order valence-electron chi connectivity index (χ4n) is 2.79. The number of amides is 2. The van der Waals surface area contributed by atoms with Crippen LogP contribution in [0.4, 0.5) is 5.69 Å². The van der Waals surface area contributed by atoms with Gasteiger partial charge in [0.25, 0.3) is 0 Å². The number of carbonyl (C=O) groups is 2. The Hall–Kier alpha value is -3.15. The predicted molar refractivity (Wildman–Crippen MR) is 102 cm³/mol. The van der Waals surface area contributed by atoms with Crippen LogP contribution in [0.2, 0.25) is 0 Å². The van der Waals surface area contributed by atoms with Crippen molar-refractivity contribution in [3.8, 4) is 0 Å². The highest BCUT2D eigenvalue weighted by Gasteiger charge is 2.14. The van der Waals surface area contributed by atoms with E-state index in [1.165, 1.54) is 0 Å². The molecule has 3 aromatic rings. The highest BCUT2D eigenvalue weighted by Crippen LogP contribution is 2.17. The molecule has 0 radical (unpaired) electrons. The van der Waals surface area contributed by atoms with Gasteiger partial charge in [-0.05, 0) is 30.7 Å². The van der Waals surface area contributed by atoms with E-state index in [4.69, 9.17) is 0 Å². The zero-order valence-corrected chi connectivity index (χ0v) is 15.0. The quantitative estimate of drug-likeness (QED) is 0.717. The topological polar surface area (TPSA) is 76.0 Å². The van der Waals surface area contributed by atoms with E-state index in [9.17, 15) is 9.59 Å². The summed E-state index contributed by atoms with van der Waals surface area (Å²) >= 11 is 0. The van der Waals surface area contributed by atoms with Crippen molar-refractivity contribution >= 4 is 28.5 Å². The van der Waals surface area contributed by atoms with Gasteiger partial charge in [0.1, 0.15) is 12.4 Å². The number of hydrogen-bond acceptors (Lipinski definition) is 3.